The number of likely N-dealkylation sites (tertiary alicyclic amines) is 2. The Morgan fingerprint density at radius 3 is 2.72 bits per heavy atom. The first kappa shape index (κ1) is 24.9. The van der Waals surface area contributed by atoms with Crippen molar-refractivity contribution in [1.82, 2.24) is 20.4 Å². The van der Waals surface area contributed by atoms with Gasteiger partial charge in [0, 0.05) is 37.1 Å². The lowest BCUT2D eigenvalue weighted by Gasteiger charge is -2.39. The van der Waals surface area contributed by atoms with E-state index in [9.17, 15) is 0 Å². The first-order chi connectivity index (χ1) is 13.7. The lowest BCUT2D eigenvalue weighted by atomic mass is 9.88. The van der Waals surface area contributed by atoms with Gasteiger partial charge in [0.1, 0.15) is 0 Å². The van der Waals surface area contributed by atoms with Gasteiger partial charge in [-0.3, -0.25) is 9.89 Å². The largest absolute Gasteiger partial charge is 0.357 e. The molecule has 0 amide bonds. The Morgan fingerprint density at radius 2 is 2.03 bits per heavy atom. The molecule has 1 aromatic heterocycles. The van der Waals surface area contributed by atoms with Crippen LogP contribution in [0.1, 0.15) is 50.4 Å². The molecule has 166 valence electrons. The number of hydrogen-bond donors (Lipinski definition) is 2. The quantitative estimate of drug-likeness (QED) is 0.301. The lowest BCUT2D eigenvalue weighted by molar-refractivity contribution is 0.125. The summed E-state index contributed by atoms with van der Waals surface area (Å²) >= 11 is 1.89. The Hall–Kier alpha value is -0.380. The average Bonchev–Trinajstić information content (AvgIpc) is 3.38. The summed E-state index contributed by atoms with van der Waals surface area (Å²) in [6.45, 7) is 12.2. The lowest BCUT2D eigenvalue weighted by Crippen LogP contribution is -2.45. The van der Waals surface area contributed by atoms with Crippen molar-refractivity contribution in [2.24, 2.45) is 16.8 Å². The normalized spacial score (nSPS) is 24.9. The van der Waals surface area contributed by atoms with Crippen molar-refractivity contribution in [1.29, 1.82) is 0 Å². The summed E-state index contributed by atoms with van der Waals surface area (Å²) in [5.74, 6) is 2.21. The number of piperidine rings is 1. The van der Waals surface area contributed by atoms with Gasteiger partial charge in [-0.05, 0) is 82.6 Å². The van der Waals surface area contributed by atoms with E-state index in [1.54, 1.807) is 0 Å². The van der Waals surface area contributed by atoms with E-state index < -0.39 is 0 Å². The second-order valence-corrected chi connectivity index (χ2v) is 9.54. The minimum atomic E-state index is 0. The summed E-state index contributed by atoms with van der Waals surface area (Å²) in [6.07, 6.45) is 5.29. The number of nitrogens with zero attached hydrogens (tertiary/aromatic N) is 3. The summed E-state index contributed by atoms with van der Waals surface area (Å²) in [6, 6.07) is 5.00. The van der Waals surface area contributed by atoms with Crippen molar-refractivity contribution in [3.8, 4) is 0 Å². The molecule has 0 aliphatic carbocycles. The van der Waals surface area contributed by atoms with Gasteiger partial charge in [-0.2, -0.15) is 0 Å². The van der Waals surface area contributed by atoms with Crippen LogP contribution in [-0.4, -0.2) is 68.6 Å². The van der Waals surface area contributed by atoms with E-state index in [1.807, 2.05) is 11.3 Å². The van der Waals surface area contributed by atoms with Crippen LogP contribution in [0.3, 0.4) is 0 Å². The van der Waals surface area contributed by atoms with E-state index in [-0.39, 0.29) is 24.0 Å². The summed E-state index contributed by atoms with van der Waals surface area (Å²) < 4.78 is 0. The summed E-state index contributed by atoms with van der Waals surface area (Å²) in [4.78, 5) is 11.5. The fourth-order valence-corrected chi connectivity index (χ4v) is 5.65. The molecule has 0 radical (unpaired) electrons. The maximum absolute atomic E-state index is 4.90. The van der Waals surface area contributed by atoms with Crippen molar-refractivity contribution in [3.05, 3.63) is 22.4 Å². The SMILES string of the molecule is CCNC(=NCC(C)CN1CCCC1)NCC1CCCN(C)C1c1cccs1.I. The minimum absolute atomic E-state index is 0. The highest BCUT2D eigenvalue weighted by Crippen LogP contribution is 2.36. The molecule has 2 N–H and O–H groups in total. The molecule has 29 heavy (non-hydrogen) atoms. The molecular weight excluding hydrogens is 493 g/mol. The number of aliphatic imine (C=N–C) groups is 1. The minimum Gasteiger partial charge on any atom is -0.357 e. The molecule has 2 aliphatic rings. The summed E-state index contributed by atoms with van der Waals surface area (Å²) in [7, 11) is 2.27. The molecule has 3 atom stereocenters. The van der Waals surface area contributed by atoms with Crippen molar-refractivity contribution in [2.75, 3.05) is 52.9 Å². The third-order valence-corrected chi connectivity index (χ3v) is 6.99. The van der Waals surface area contributed by atoms with Gasteiger partial charge in [0.2, 0.25) is 0 Å². The molecule has 0 bridgehead atoms. The zero-order valence-electron chi connectivity index (χ0n) is 18.4. The number of hydrogen-bond acceptors (Lipinski definition) is 4. The first-order valence-corrected chi connectivity index (χ1v) is 12.0. The van der Waals surface area contributed by atoms with Gasteiger partial charge in [-0.15, -0.1) is 35.3 Å². The predicted molar refractivity (Wildman–Crippen MR) is 137 cm³/mol. The summed E-state index contributed by atoms with van der Waals surface area (Å²) in [5.41, 5.74) is 0. The fourth-order valence-electron chi connectivity index (χ4n) is 4.66. The molecule has 2 saturated heterocycles. The molecule has 3 unspecified atom stereocenters. The van der Waals surface area contributed by atoms with Crippen molar-refractivity contribution >= 4 is 41.3 Å². The molecule has 3 heterocycles. The van der Waals surface area contributed by atoms with Crippen LogP contribution in [0, 0.1) is 11.8 Å². The Labute approximate surface area is 198 Å². The number of thiophene rings is 1. The van der Waals surface area contributed by atoms with E-state index in [0.717, 1.165) is 25.6 Å². The van der Waals surface area contributed by atoms with Crippen molar-refractivity contribution < 1.29 is 0 Å². The van der Waals surface area contributed by atoms with Crippen molar-refractivity contribution in [3.63, 3.8) is 0 Å². The molecule has 3 rings (SSSR count). The molecule has 5 nitrogen and oxygen atoms in total. The van der Waals surface area contributed by atoms with Crippen LogP contribution < -0.4 is 10.6 Å². The van der Waals surface area contributed by atoms with Crippen LogP contribution in [0.4, 0.5) is 0 Å². The van der Waals surface area contributed by atoms with Crippen LogP contribution in [0.2, 0.25) is 0 Å². The number of guanidine groups is 1. The van der Waals surface area contributed by atoms with Gasteiger partial charge in [0.15, 0.2) is 5.96 Å². The third-order valence-electron chi connectivity index (χ3n) is 6.05. The van der Waals surface area contributed by atoms with E-state index in [4.69, 9.17) is 4.99 Å². The average molecular weight is 534 g/mol. The highest BCUT2D eigenvalue weighted by atomic mass is 127. The van der Waals surface area contributed by atoms with Crippen LogP contribution in [0.25, 0.3) is 0 Å². The van der Waals surface area contributed by atoms with Crippen molar-refractivity contribution in [2.45, 2.75) is 45.6 Å². The molecule has 2 aliphatic heterocycles. The fraction of sp³-hybridized carbons (Fsp3) is 0.773. The maximum atomic E-state index is 4.90. The highest BCUT2D eigenvalue weighted by molar-refractivity contribution is 14.0. The molecule has 1 aromatic rings. The Bertz CT molecular complexity index is 588. The molecular formula is C22H40IN5S. The van der Waals surface area contributed by atoms with Gasteiger partial charge < -0.3 is 15.5 Å². The first-order valence-electron chi connectivity index (χ1n) is 11.2. The predicted octanol–water partition coefficient (Wildman–Crippen LogP) is 4.04. The van der Waals surface area contributed by atoms with Gasteiger partial charge in [0.25, 0.3) is 0 Å². The molecule has 0 spiro atoms. The number of halogens is 1. The Balaban J connectivity index is 0.00000300. The van der Waals surface area contributed by atoms with Crippen LogP contribution in [-0.2, 0) is 0 Å². The zero-order chi connectivity index (χ0) is 19.8. The van der Waals surface area contributed by atoms with Gasteiger partial charge in [-0.25, -0.2) is 0 Å². The zero-order valence-corrected chi connectivity index (χ0v) is 21.5. The van der Waals surface area contributed by atoms with Gasteiger partial charge in [-0.1, -0.05) is 13.0 Å². The number of rotatable bonds is 8. The topological polar surface area (TPSA) is 42.9 Å². The van der Waals surface area contributed by atoms with Crippen LogP contribution in [0.5, 0.6) is 0 Å². The second kappa shape index (κ2) is 13.1. The van der Waals surface area contributed by atoms with Gasteiger partial charge in [0.05, 0.1) is 0 Å². The molecule has 2 fully saturated rings. The van der Waals surface area contributed by atoms with Crippen LogP contribution in [0.15, 0.2) is 22.5 Å². The Morgan fingerprint density at radius 1 is 1.24 bits per heavy atom. The number of nitrogens with one attached hydrogen (secondary N) is 2. The molecule has 0 aromatic carbocycles. The van der Waals surface area contributed by atoms with E-state index in [0.29, 0.717) is 17.9 Å². The maximum Gasteiger partial charge on any atom is 0.191 e. The van der Waals surface area contributed by atoms with E-state index in [2.05, 4.69) is 58.8 Å². The smallest absolute Gasteiger partial charge is 0.191 e. The molecule has 0 saturated carbocycles. The second-order valence-electron chi connectivity index (χ2n) is 8.56. The summed E-state index contributed by atoms with van der Waals surface area (Å²) in [5, 5.41) is 9.31. The molecule has 7 heteroatoms. The standard InChI is InChI=1S/C22H39N5S.HI/c1-4-23-22(24-15-18(2)17-27-12-5-6-13-27)25-16-19-9-7-11-26(3)21(19)20-10-8-14-28-20;/h8,10,14,18-19,21H,4-7,9,11-13,15-17H2,1-3H3,(H2,23,24,25);1H. The van der Waals surface area contributed by atoms with Crippen LogP contribution >= 0.6 is 35.3 Å². The highest BCUT2D eigenvalue weighted by Gasteiger charge is 2.31. The third kappa shape index (κ3) is 7.67. The van der Waals surface area contributed by atoms with E-state index >= 15 is 0 Å². The van der Waals surface area contributed by atoms with E-state index in [1.165, 1.54) is 56.7 Å². The monoisotopic (exact) mass is 533 g/mol. The Kier molecular flexibility index (Phi) is 11.3. The van der Waals surface area contributed by atoms with Gasteiger partial charge >= 0.3 is 0 Å².